The van der Waals surface area contributed by atoms with E-state index in [-0.39, 0.29) is 6.03 Å². The second kappa shape index (κ2) is 9.62. The van der Waals surface area contributed by atoms with Crippen molar-refractivity contribution in [2.24, 2.45) is 0 Å². The van der Waals surface area contributed by atoms with Crippen LogP contribution in [0.5, 0.6) is 0 Å². The molecule has 2 rings (SSSR count). The minimum Gasteiger partial charge on any atom is -0.380 e. The second-order valence-electron chi connectivity index (χ2n) is 5.98. The van der Waals surface area contributed by atoms with Gasteiger partial charge in [-0.1, -0.05) is 18.5 Å². The highest BCUT2D eigenvalue weighted by atomic mass is 35.5. The topological polar surface area (TPSA) is 68.6 Å². The number of nitrogens with one attached hydrogen (secondary N) is 1. The van der Waals surface area contributed by atoms with Crippen LogP contribution >= 0.6 is 11.6 Å². The Hall–Kier alpha value is -1.81. The lowest BCUT2D eigenvalue weighted by Crippen LogP contribution is -2.56. The summed E-state index contributed by atoms with van der Waals surface area (Å²) in [5.74, 6) is 0. The Morgan fingerprint density at radius 2 is 2.24 bits per heavy atom. The van der Waals surface area contributed by atoms with Crippen LogP contribution < -0.4 is 5.32 Å². The van der Waals surface area contributed by atoms with Crippen molar-refractivity contribution in [3.63, 3.8) is 0 Å². The minimum absolute atomic E-state index is 0.135. The van der Waals surface area contributed by atoms with Crippen LogP contribution in [0, 0.1) is 11.3 Å². The molecular weight excluding hydrogens is 340 g/mol. The number of nitrogens with zero attached hydrogens (tertiary/aromatic N) is 3. The summed E-state index contributed by atoms with van der Waals surface area (Å²) in [7, 11) is 0. The van der Waals surface area contributed by atoms with E-state index in [2.05, 4.69) is 17.1 Å². The molecule has 7 heteroatoms. The maximum absolute atomic E-state index is 12.5. The van der Waals surface area contributed by atoms with Gasteiger partial charge in [0.15, 0.2) is 0 Å². The zero-order valence-electron chi connectivity index (χ0n) is 14.8. The first kappa shape index (κ1) is 19.5. The average molecular weight is 365 g/mol. The van der Waals surface area contributed by atoms with Crippen molar-refractivity contribution in [3.05, 3.63) is 28.8 Å². The van der Waals surface area contributed by atoms with Crippen molar-refractivity contribution in [2.75, 3.05) is 44.7 Å². The number of anilines is 1. The van der Waals surface area contributed by atoms with Crippen molar-refractivity contribution in [1.29, 1.82) is 5.26 Å². The number of urea groups is 1. The van der Waals surface area contributed by atoms with Crippen molar-refractivity contribution in [3.8, 4) is 6.07 Å². The molecule has 1 heterocycles. The zero-order chi connectivity index (χ0) is 18.2. The zero-order valence-corrected chi connectivity index (χ0v) is 15.6. The Labute approximate surface area is 154 Å². The smallest absolute Gasteiger partial charge is 0.321 e. The van der Waals surface area contributed by atoms with Crippen LogP contribution in [0.25, 0.3) is 0 Å². The van der Waals surface area contributed by atoms with Crippen molar-refractivity contribution < 1.29 is 9.53 Å². The van der Waals surface area contributed by atoms with E-state index in [0.717, 1.165) is 32.7 Å². The lowest BCUT2D eigenvalue weighted by atomic mass is 10.1. The lowest BCUT2D eigenvalue weighted by Gasteiger charge is -2.41. The van der Waals surface area contributed by atoms with Gasteiger partial charge >= 0.3 is 6.03 Å². The Kier molecular flexibility index (Phi) is 7.51. The van der Waals surface area contributed by atoms with E-state index in [1.165, 1.54) is 0 Å². The third-order valence-corrected chi connectivity index (χ3v) is 4.74. The Balaban J connectivity index is 1.92. The van der Waals surface area contributed by atoms with Gasteiger partial charge in [0, 0.05) is 44.5 Å². The predicted molar refractivity (Wildman–Crippen MR) is 98.9 cm³/mol. The number of halogens is 1. The third-order valence-electron chi connectivity index (χ3n) is 4.43. The van der Waals surface area contributed by atoms with E-state index in [1.807, 2.05) is 17.9 Å². The average Bonchev–Trinajstić information content (AvgIpc) is 2.62. The highest BCUT2D eigenvalue weighted by molar-refractivity contribution is 6.32. The first-order valence-electron chi connectivity index (χ1n) is 8.66. The van der Waals surface area contributed by atoms with E-state index in [9.17, 15) is 4.79 Å². The maximum atomic E-state index is 12.5. The first-order valence-corrected chi connectivity index (χ1v) is 9.04. The summed E-state index contributed by atoms with van der Waals surface area (Å²) in [5.41, 5.74) is 0.995. The second-order valence-corrected chi connectivity index (χ2v) is 6.38. The van der Waals surface area contributed by atoms with Crippen molar-refractivity contribution in [1.82, 2.24) is 9.80 Å². The fourth-order valence-electron chi connectivity index (χ4n) is 2.97. The van der Waals surface area contributed by atoms with E-state index in [1.54, 1.807) is 18.2 Å². The van der Waals surface area contributed by atoms with E-state index in [0.29, 0.717) is 35.4 Å². The maximum Gasteiger partial charge on any atom is 0.321 e. The van der Waals surface area contributed by atoms with Gasteiger partial charge in [-0.05, 0) is 31.5 Å². The number of carbonyl (C=O) groups excluding carboxylic acids is 1. The molecule has 2 amide bonds. The number of hydrogen-bond acceptors (Lipinski definition) is 4. The summed E-state index contributed by atoms with van der Waals surface area (Å²) in [6.45, 7) is 8.70. The van der Waals surface area contributed by atoms with Crippen LogP contribution in [0.1, 0.15) is 25.8 Å². The van der Waals surface area contributed by atoms with E-state index in [4.69, 9.17) is 21.6 Å². The van der Waals surface area contributed by atoms with Crippen molar-refractivity contribution in [2.45, 2.75) is 26.3 Å². The van der Waals surface area contributed by atoms with Gasteiger partial charge in [-0.3, -0.25) is 4.90 Å². The molecule has 0 aromatic heterocycles. The summed E-state index contributed by atoms with van der Waals surface area (Å²) in [4.78, 5) is 16.7. The molecule has 6 nitrogen and oxygen atoms in total. The van der Waals surface area contributed by atoms with Crippen LogP contribution in [-0.2, 0) is 4.74 Å². The minimum atomic E-state index is -0.135. The number of rotatable bonds is 6. The van der Waals surface area contributed by atoms with Crippen molar-refractivity contribution >= 4 is 23.3 Å². The molecule has 0 aliphatic carbocycles. The summed E-state index contributed by atoms with van der Waals surface area (Å²) < 4.78 is 5.44. The monoisotopic (exact) mass is 364 g/mol. The summed E-state index contributed by atoms with van der Waals surface area (Å²) >= 11 is 6.02. The molecule has 0 bridgehead atoms. The molecule has 0 spiro atoms. The van der Waals surface area contributed by atoms with Crippen LogP contribution in [0.2, 0.25) is 5.02 Å². The third kappa shape index (κ3) is 5.33. The highest BCUT2D eigenvalue weighted by Crippen LogP contribution is 2.21. The fraction of sp³-hybridized carbons (Fsp3) is 0.556. The molecule has 0 unspecified atom stereocenters. The van der Waals surface area contributed by atoms with Gasteiger partial charge in [-0.25, -0.2) is 4.79 Å². The van der Waals surface area contributed by atoms with Crippen LogP contribution in [-0.4, -0.2) is 61.3 Å². The van der Waals surface area contributed by atoms with Gasteiger partial charge in [0.25, 0.3) is 0 Å². The lowest BCUT2D eigenvalue weighted by molar-refractivity contribution is 0.0545. The number of nitriles is 1. The number of carbonyl (C=O) groups is 1. The molecule has 1 atom stereocenters. The molecule has 1 aromatic carbocycles. The van der Waals surface area contributed by atoms with Gasteiger partial charge in [-0.15, -0.1) is 0 Å². The number of amides is 2. The molecular formula is C18H25ClN4O2. The molecule has 0 radical (unpaired) electrons. The quantitative estimate of drug-likeness (QED) is 0.787. The van der Waals surface area contributed by atoms with Gasteiger partial charge in [0.05, 0.1) is 17.2 Å². The van der Waals surface area contributed by atoms with Gasteiger partial charge in [-0.2, -0.15) is 5.26 Å². The standard InChI is InChI=1S/C18H25ClN4O2/c1-3-16-13-23(8-7-22(16)9-10-25-4-2)18(24)21-15-6-5-14(12-20)17(19)11-15/h5-6,11,16H,3-4,7-10,13H2,1-2H3,(H,21,24)/t16-/m0/s1. The molecule has 1 N–H and O–H groups in total. The molecule has 1 aliphatic rings. The van der Waals surface area contributed by atoms with Gasteiger partial charge in [0.2, 0.25) is 0 Å². The molecule has 0 saturated carbocycles. The molecule has 1 aliphatic heterocycles. The van der Waals surface area contributed by atoms with Crippen LogP contribution in [0.3, 0.4) is 0 Å². The molecule has 25 heavy (non-hydrogen) atoms. The van der Waals surface area contributed by atoms with Gasteiger partial charge < -0.3 is 15.0 Å². The van der Waals surface area contributed by atoms with Crippen LogP contribution in [0.4, 0.5) is 10.5 Å². The summed E-state index contributed by atoms with van der Waals surface area (Å²) in [6, 6.07) is 7.12. The Bertz CT molecular complexity index is 632. The fourth-order valence-corrected chi connectivity index (χ4v) is 3.19. The summed E-state index contributed by atoms with van der Waals surface area (Å²) in [5, 5.41) is 12.1. The molecule has 1 saturated heterocycles. The van der Waals surface area contributed by atoms with E-state index < -0.39 is 0 Å². The number of ether oxygens (including phenoxy) is 1. The van der Waals surface area contributed by atoms with Gasteiger partial charge in [0.1, 0.15) is 6.07 Å². The molecule has 1 fully saturated rings. The predicted octanol–water partition coefficient (Wildman–Crippen LogP) is 3.18. The molecule has 1 aromatic rings. The number of hydrogen-bond donors (Lipinski definition) is 1. The van der Waals surface area contributed by atoms with E-state index >= 15 is 0 Å². The SMILES string of the molecule is CCOCCN1CCN(C(=O)Nc2ccc(C#N)c(Cl)c2)C[C@@H]1CC. The Morgan fingerprint density at radius 1 is 1.44 bits per heavy atom. The molecule has 136 valence electrons. The normalized spacial score (nSPS) is 18.0. The Morgan fingerprint density at radius 3 is 2.88 bits per heavy atom. The largest absolute Gasteiger partial charge is 0.380 e. The number of benzene rings is 1. The summed E-state index contributed by atoms with van der Waals surface area (Å²) in [6.07, 6.45) is 0.985. The number of piperazine rings is 1. The first-order chi connectivity index (χ1) is 12.1. The highest BCUT2D eigenvalue weighted by Gasteiger charge is 2.28. The van der Waals surface area contributed by atoms with Crippen LogP contribution in [0.15, 0.2) is 18.2 Å².